The van der Waals surface area contributed by atoms with Crippen molar-refractivity contribution in [1.29, 1.82) is 0 Å². The third-order valence-electron chi connectivity index (χ3n) is 1.88. The molecule has 0 saturated carbocycles. The van der Waals surface area contributed by atoms with E-state index in [0.29, 0.717) is 10.0 Å². The predicted molar refractivity (Wildman–Crippen MR) is 63.7 cm³/mol. The van der Waals surface area contributed by atoms with Gasteiger partial charge in [-0.05, 0) is 18.6 Å². The Morgan fingerprint density at radius 3 is 2.60 bits per heavy atom. The quantitative estimate of drug-likeness (QED) is 0.368. The number of hydrogen-bond donors (Lipinski definition) is 0. The highest BCUT2D eigenvalue weighted by Gasteiger charge is 2.22. The normalized spacial score (nSPS) is 10.1. The third-order valence-corrected chi connectivity index (χ3v) is 2.84. The van der Waals surface area contributed by atoms with E-state index in [2.05, 4.69) is 31.9 Å². The van der Waals surface area contributed by atoms with Gasteiger partial charge in [-0.15, -0.1) is 0 Å². The number of nitro benzene ring substituents is 1. The van der Waals surface area contributed by atoms with Gasteiger partial charge in [0.2, 0.25) is 0 Å². The Morgan fingerprint density at radius 1 is 1.53 bits per heavy atom. The molecule has 0 aliphatic heterocycles. The summed E-state index contributed by atoms with van der Waals surface area (Å²) in [6, 6.07) is 3.02. The number of Topliss-reactive ketones (excluding diaryl/α,β-unsaturated/α-hetero) is 1. The Morgan fingerprint density at radius 2 is 2.13 bits per heavy atom. The van der Waals surface area contributed by atoms with Crippen molar-refractivity contribution in [2.45, 2.75) is 6.92 Å². The summed E-state index contributed by atoms with van der Waals surface area (Å²) in [7, 11) is 0. The van der Waals surface area contributed by atoms with Crippen LogP contribution in [-0.2, 0) is 0 Å². The highest BCUT2D eigenvalue weighted by molar-refractivity contribution is 9.10. The summed E-state index contributed by atoms with van der Waals surface area (Å²) in [4.78, 5) is 21.7. The standard InChI is InChI=1S/C9H7Br2NO3/c1-5-2-6(11)3-7(12(14)15)9(5)8(13)4-10/h2-3H,4H2,1H3. The Balaban J connectivity index is 3.46. The first-order valence-electron chi connectivity index (χ1n) is 4.01. The van der Waals surface area contributed by atoms with E-state index in [-0.39, 0.29) is 22.4 Å². The van der Waals surface area contributed by atoms with Crippen LogP contribution < -0.4 is 0 Å². The number of aryl methyl sites for hydroxylation is 1. The molecule has 4 nitrogen and oxygen atoms in total. The van der Waals surface area contributed by atoms with E-state index in [1.54, 1.807) is 13.0 Å². The SMILES string of the molecule is Cc1cc(Br)cc([N+](=O)[O-])c1C(=O)CBr. The number of ketones is 1. The van der Waals surface area contributed by atoms with Crippen molar-refractivity contribution in [2.24, 2.45) is 0 Å². The lowest BCUT2D eigenvalue weighted by Crippen LogP contribution is -2.07. The molecule has 0 bridgehead atoms. The van der Waals surface area contributed by atoms with Crippen LogP contribution >= 0.6 is 31.9 Å². The van der Waals surface area contributed by atoms with Crippen LogP contribution in [0.1, 0.15) is 15.9 Å². The van der Waals surface area contributed by atoms with Crippen molar-refractivity contribution in [3.63, 3.8) is 0 Å². The second-order valence-corrected chi connectivity index (χ2v) is 4.41. The van der Waals surface area contributed by atoms with Gasteiger partial charge >= 0.3 is 0 Å². The number of hydrogen-bond acceptors (Lipinski definition) is 3. The smallest absolute Gasteiger partial charge is 0.281 e. The molecule has 6 heteroatoms. The Bertz CT molecular complexity index is 432. The molecule has 1 rings (SSSR count). The molecule has 0 spiro atoms. The fourth-order valence-corrected chi connectivity index (χ4v) is 2.14. The second kappa shape index (κ2) is 4.85. The van der Waals surface area contributed by atoms with Gasteiger partial charge in [0.15, 0.2) is 5.78 Å². The molecular weight excluding hydrogens is 330 g/mol. The van der Waals surface area contributed by atoms with Gasteiger partial charge in [-0.2, -0.15) is 0 Å². The van der Waals surface area contributed by atoms with Crippen LogP contribution in [0.15, 0.2) is 16.6 Å². The van der Waals surface area contributed by atoms with Crippen LogP contribution in [0.2, 0.25) is 0 Å². The minimum atomic E-state index is -0.548. The van der Waals surface area contributed by atoms with Gasteiger partial charge in [-0.25, -0.2) is 0 Å². The maximum absolute atomic E-state index is 11.5. The molecule has 0 saturated heterocycles. The summed E-state index contributed by atoms with van der Waals surface area (Å²) in [5, 5.41) is 10.8. The van der Waals surface area contributed by atoms with Crippen molar-refractivity contribution in [3.05, 3.63) is 37.8 Å². The Labute approximate surface area is 103 Å². The second-order valence-electron chi connectivity index (χ2n) is 2.93. The predicted octanol–water partition coefficient (Wildman–Crippen LogP) is 3.24. The fourth-order valence-electron chi connectivity index (χ4n) is 1.30. The van der Waals surface area contributed by atoms with Gasteiger partial charge in [-0.1, -0.05) is 31.9 Å². The summed E-state index contributed by atoms with van der Waals surface area (Å²) in [5.74, 6) is -0.285. The van der Waals surface area contributed by atoms with E-state index < -0.39 is 4.92 Å². The van der Waals surface area contributed by atoms with Crippen molar-refractivity contribution in [2.75, 3.05) is 5.33 Å². The van der Waals surface area contributed by atoms with Crippen molar-refractivity contribution < 1.29 is 9.72 Å². The summed E-state index contributed by atoms with van der Waals surface area (Å²) >= 11 is 6.16. The number of halogens is 2. The number of nitro groups is 1. The average molecular weight is 337 g/mol. The highest BCUT2D eigenvalue weighted by atomic mass is 79.9. The molecular formula is C9H7Br2NO3. The molecule has 0 aliphatic rings. The molecule has 15 heavy (non-hydrogen) atoms. The summed E-state index contributed by atoms with van der Waals surface area (Å²) < 4.78 is 0.595. The lowest BCUT2D eigenvalue weighted by molar-refractivity contribution is -0.385. The zero-order chi connectivity index (χ0) is 11.6. The lowest BCUT2D eigenvalue weighted by atomic mass is 10.0. The van der Waals surface area contributed by atoms with Crippen LogP contribution in [-0.4, -0.2) is 16.0 Å². The number of alkyl halides is 1. The molecule has 1 aromatic carbocycles. The highest BCUT2D eigenvalue weighted by Crippen LogP contribution is 2.27. The first-order valence-corrected chi connectivity index (χ1v) is 5.92. The van der Waals surface area contributed by atoms with E-state index >= 15 is 0 Å². The van der Waals surface area contributed by atoms with E-state index in [4.69, 9.17) is 0 Å². The van der Waals surface area contributed by atoms with Crippen molar-refractivity contribution >= 4 is 43.3 Å². The molecule has 0 aliphatic carbocycles. The van der Waals surface area contributed by atoms with Gasteiger partial charge in [0.05, 0.1) is 15.8 Å². The van der Waals surface area contributed by atoms with Gasteiger partial charge < -0.3 is 0 Å². The number of rotatable bonds is 3. The van der Waals surface area contributed by atoms with Gasteiger partial charge in [0.1, 0.15) is 0 Å². The van der Waals surface area contributed by atoms with Crippen molar-refractivity contribution in [1.82, 2.24) is 0 Å². The Hall–Kier alpha value is -0.750. The maximum Gasteiger partial charge on any atom is 0.281 e. The van der Waals surface area contributed by atoms with E-state index in [1.807, 2.05) is 0 Å². The van der Waals surface area contributed by atoms with Crippen LogP contribution in [0.5, 0.6) is 0 Å². The molecule has 0 atom stereocenters. The molecule has 0 amide bonds. The zero-order valence-electron chi connectivity index (χ0n) is 7.79. The number of carbonyl (C=O) groups excluding carboxylic acids is 1. The number of nitrogens with zero attached hydrogens (tertiary/aromatic N) is 1. The van der Waals surface area contributed by atoms with Gasteiger partial charge in [-0.3, -0.25) is 14.9 Å². The molecule has 0 aromatic heterocycles. The topological polar surface area (TPSA) is 60.2 Å². The zero-order valence-corrected chi connectivity index (χ0v) is 11.0. The molecule has 0 fully saturated rings. The minimum absolute atomic E-state index is 0.0797. The van der Waals surface area contributed by atoms with E-state index in [9.17, 15) is 14.9 Å². The Kier molecular flexibility index (Phi) is 3.98. The third kappa shape index (κ3) is 2.63. The summed E-state index contributed by atoms with van der Waals surface area (Å²) in [6.07, 6.45) is 0. The largest absolute Gasteiger partial charge is 0.293 e. The first kappa shape index (κ1) is 12.3. The molecule has 80 valence electrons. The molecule has 0 N–H and O–H groups in total. The lowest BCUT2D eigenvalue weighted by Gasteiger charge is -2.04. The number of carbonyl (C=O) groups is 1. The molecule has 0 heterocycles. The molecule has 0 radical (unpaired) electrons. The molecule has 1 aromatic rings. The van der Waals surface area contributed by atoms with Crippen LogP contribution in [0.4, 0.5) is 5.69 Å². The van der Waals surface area contributed by atoms with E-state index in [0.717, 1.165) is 0 Å². The summed E-state index contributed by atoms with van der Waals surface area (Å²) in [5.41, 5.74) is 0.604. The first-order chi connectivity index (χ1) is 6.97. The number of benzene rings is 1. The van der Waals surface area contributed by atoms with Crippen LogP contribution in [0.25, 0.3) is 0 Å². The monoisotopic (exact) mass is 335 g/mol. The molecule has 0 unspecified atom stereocenters. The van der Waals surface area contributed by atoms with E-state index in [1.165, 1.54) is 6.07 Å². The van der Waals surface area contributed by atoms with Crippen molar-refractivity contribution in [3.8, 4) is 0 Å². The van der Waals surface area contributed by atoms with Crippen LogP contribution in [0.3, 0.4) is 0 Å². The average Bonchev–Trinajstić information content (AvgIpc) is 2.15. The van der Waals surface area contributed by atoms with Crippen LogP contribution in [0, 0.1) is 17.0 Å². The summed E-state index contributed by atoms with van der Waals surface area (Å²) in [6.45, 7) is 1.67. The van der Waals surface area contributed by atoms with Gasteiger partial charge in [0.25, 0.3) is 5.69 Å². The minimum Gasteiger partial charge on any atom is -0.293 e. The maximum atomic E-state index is 11.5. The fraction of sp³-hybridized carbons (Fsp3) is 0.222. The van der Waals surface area contributed by atoms with Gasteiger partial charge in [0, 0.05) is 10.5 Å².